The molecule has 0 bridgehead atoms. The van der Waals surface area contributed by atoms with E-state index < -0.39 is 0 Å². The largest absolute Gasteiger partial charge is 0.371 e. The fourth-order valence-electron chi connectivity index (χ4n) is 1.69. The van der Waals surface area contributed by atoms with E-state index in [0.29, 0.717) is 11.7 Å². The summed E-state index contributed by atoms with van der Waals surface area (Å²) in [5, 5.41) is 7.84. The van der Waals surface area contributed by atoms with E-state index in [1.807, 2.05) is 15.6 Å². The van der Waals surface area contributed by atoms with Crippen molar-refractivity contribution in [3.63, 3.8) is 0 Å². The van der Waals surface area contributed by atoms with E-state index in [0.717, 1.165) is 13.1 Å². The number of hydrogen-bond donors (Lipinski definition) is 1. The van der Waals surface area contributed by atoms with Gasteiger partial charge in [-0.05, 0) is 13.8 Å². The van der Waals surface area contributed by atoms with Crippen LogP contribution >= 0.6 is 0 Å². The van der Waals surface area contributed by atoms with Gasteiger partial charge in [-0.15, -0.1) is 4.68 Å². The van der Waals surface area contributed by atoms with E-state index in [1.54, 1.807) is 0 Å². The SMILES string of the molecule is CC(C)[n+]1cn2n(c1=N)CCC2. The van der Waals surface area contributed by atoms with Gasteiger partial charge in [0, 0.05) is 6.42 Å². The fourth-order valence-corrected chi connectivity index (χ4v) is 1.69. The maximum atomic E-state index is 7.84. The Balaban J connectivity index is 2.55. The Bertz CT molecular complexity index is 344. The van der Waals surface area contributed by atoms with Crippen molar-refractivity contribution < 1.29 is 4.57 Å². The summed E-state index contributed by atoms with van der Waals surface area (Å²) < 4.78 is 6.15. The molecule has 12 heavy (non-hydrogen) atoms. The molecule has 66 valence electrons. The van der Waals surface area contributed by atoms with Gasteiger partial charge in [-0.3, -0.25) is 0 Å². The Kier molecular flexibility index (Phi) is 1.56. The average Bonchev–Trinajstić information content (AvgIpc) is 2.53. The number of rotatable bonds is 1. The first kappa shape index (κ1) is 7.58. The fraction of sp³-hybridized carbons (Fsp3) is 0.750. The average molecular weight is 167 g/mol. The van der Waals surface area contributed by atoms with E-state index in [9.17, 15) is 0 Å². The number of aryl methyl sites for hydroxylation is 1. The molecule has 0 saturated heterocycles. The van der Waals surface area contributed by atoms with E-state index in [4.69, 9.17) is 5.41 Å². The van der Waals surface area contributed by atoms with Crippen molar-refractivity contribution in [2.45, 2.75) is 39.4 Å². The van der Waals surface area contributed by atoms with Crippen molar-refractivity contribution in [1.82, 2.24) is 9.36 Å². The summed E-state index contributed by atoms with van der Waals surface area (Å²) in [4.78, 5) is 0. The van der Waals surface area contributed by atoms with Crippen molar-refractivity contribution in [2.75, 3.05) is 0 Å². The molecule has 0 atom stereocenters. The topological polar surface area (TPSA) is 37.6 Å². The van der Waals surface area contributed by atoms with Crippen LogP contribution in [0.5, 0.6) is 0 Å². The quantitative estimate of drug-likeness (QED) is 0.574. The van der Waals surface area contributed by atoms with Gasteiger partial charge >= 0.3 is 5.62 Å². The standard InChI is InChI=1S/C8H15N4/c1-7(2)11-6-10-4-3-5-12(10)8(11)9/h6-7,9H,3-5H2,1-2H3/q+1. The van der Waals surface area contributed by atoms with Gasteiger partial charge in [0.2, 0.25) is 0 Å². The molecule has 1 aromatic heterocycles. The van der Waals surface area contributed by atoms with Crippen molar-refractivity contribution in [2.24, 2.45) is 0 Å². The summed E-state index contributed by atoms with van der Waals surface area (Å²) >= 11 is 0. The lowest BCUT2D eigenvalue weighted by molar-refractivity contribution is -0.734. The van der Waals surface area contributed by atoms with Crippen molar-refractivity contribution >= 4 is 0 Å². The number of aromatic nitrogens is 3. The lowest BCUT2D eigenvalue weighted by Gasteiger charge is -1.98. The normalized spacial score (nSPS) is 15.6. The van der Waals surface area contributed by atoms with Crippen LogP contribution in [-0.4, -0.2) is 9.36 Å². The third-order valence-corrected chi connectivity index (χ3v) is 2.37. The van der Waals surface area contributed by atoms with Gasteiger partial charge in [0.25, 0.3) is 0 Å². The zero-order valence-corrected chi connectivity index (χ0v) is 7.62. The molecule has 0 saturated carbocycles. The molecule has 4 heteroatoms. The molecular formula is C8H15N4+. The van der Waals surface area contributed by atoms with Gasteiger partial charge in [0.1, 0.15) is 0 Å². The van der Waals surface area contributed by atoms with Crippen LogP contribution in [0.1, 0.15) is 26.3 Å². The lowest BCUT2D eigenvalue weighted by Crippen LogP contribution is -2.51. The van der Waals surface area contributed by atoms with Gasteiger partial charge < -0.3 is 0 Å². The molecule has 0 aromatic carbocycles. The Morgan fingerprint density at radius 2 is 2.25 bits per heavy atom. The first-order chi connectivity index (χ1) is 5.70. The second kappa shape index (κ2) is 2.47. The van der Waals surface area contributed by atoms with Crippen molar-refractivity contribution in [3.05, 3.63) is 11.9 Å². The Morgan fingerprint density at radius 1 is 1.50 bits per heavy atom. The summed E-state index contributed by atoms with van der Waals surface area (Å²) in [6.07, 6.45) is 3.21. The number of hydrogen-bond acceptors (Lipinski definition) is 1. The second-order valence-electron chi connectivity index (χ2n) is 3.58. The highest BCUT2D eigenvalue weighted by molar-refractivity contribution is 4.61. The number of nitrogens with one attached hydrogen (secondary N) is 1. The predicted octanol–water partition coefficient (Wildman–Crippen LogP) is 0.0412. The molecule has 1 aliphatic rings. The molecular weight excluding hydrogens is 152 g/mol. The Morgan fingerprint density at radius 3 is 2.83 bits per heavy atom. The predicted molar refractivity (Wildman–Crippen MR) is 43.5 cm³/mol. The minimum Gasteiger partial charge on any atom is -0.225 e. The van der Waals surface area contributed by atoms with E-state index >= 15 is 0 Å². The third-order valence-electron chi connectivity index (χ3n) is 2.37. The van der Waals surface area contributed by atoms with Gasteiger partial charge in [-0.25, -0.2) is 4.57 Å². The molecule has 0 radical (unpaired) electrons. The maximum Gasteiger partial charge on any atom is 0.371 e. The maximum absolute atomic E-state index is 7.84. The van der Waals surface area contributed by atoms with Crippen LogP contribution < -0.4 is 10.2 Å². The molecule has 0 amide bonds. The van der Waals surface area contributed by atoms with Gasteiger partial charge in [0.15, 0.2) is 6.33 Å². The summed E-state index contributed by atoms with van der Waals surface area (Å²) in [6.45, 7) is 6.27. The minimum atomic E-state index is 0.392. The van der Waals surface area contributed by atoms with Crippen LogP contribution in [0.3, 0.4) is 0 Å². The van der Waals surface area contributed by atoms with Gasteiger partial charge in [-0.2, -0.15) is 10.1 Å². The molecule has 1 N–H and O–H groups in total. The van der Waals surface area contributed by atoms with E-state index in [2.05, 4.69) is 18.5 Å². The van der Waals surface area contributed by atoms with E-state index in [-0.39, 0.29) is 0 Å². The summed E-state index contributed by atoms with van der Waals surface area (Å²) in [6, 6.07) is 0.392. The first-order valence-electron chi connectivity index (χ1n) is 4.46. The van der Waals surface area contributed by atoms with Crippen LogP contribution in [0.2, 0.25) is 0 Å². The second-order valence-corrected chi connectivity index (χ2v) is 3.58. The summed E-state index contributed by atoms with van der Waals surface area (Å²) in [5.74, 6) is 0. The molecule has 1 aromatic rings. The van der Waals surface area contributed by atoms with Gasteiger partial charge in [-0.1, -0.05) is 0 Å². The Labute approximate surface area is 71.5 Å². The smallest absolute Gasteiger partial charge is 0.225 e. The van der Waals surface area contributed by atoms with Crippen molar-refractivity contribution in [3.8, 4) is 0 Å². The van der Waals surface area contributed by atoms with E-state index in [1.165, 1.54) is 6.42 Å². The van der Waals surface area contributed by atoms with Crippen molar-refractivity contribution in [1.29, 1.82) is 5.41 Å². The molecule has 1 aliphatic heterocycles. The lowest BCUT2D eigenvalue weighted by atomic mass is 10.4. The Hall–Kier alpha value is -1.06. The molecule has 0 unspecified atom stereocenters. The molecule has 2 rings (SSSR count). The first-order valence-corrected chi connectivity index (χ1v) is 4.46. The van der Waals surface area contributed by atoms with Crippen LogP contribution in [0.4, 0.5) is 0 Å². The zero-order chi connectivity index (χ0) is 8.72. The number of nitrogens with zero attached hydrogens (tertiary/aromatic N) is 3. The highest BCUT2D eigenvalue weighted by atomic mass is 15.5. The summed E-state index contributed by atoms with van der Waals surface area (Å²) in [5.41, 5.74) is 0.627. The monoisotopic (exact) mass is 167 g/mol. The minimum absolute atomic E-state index is 0.392. The van der Waals surface area contributed by atoms with Crippen LogP contribution in [-0.2, 0) is 13.1 Å². The number of fused-ring (bicyclic) bond motifs is 1. The molecule has 0 aliphatic carbocycles. The van der Waals surface area contributed by atoms with Crippen LogP contribution in [0.25, 0.3) is 0 Å². The summed E-state index contributed by atoms with van der Waals surface area (Å²) in [7, 11) is 0. The molecule has 0 fully saturated rings. The van der Waals surface area contributed by atoms with Gasteiger partial charge in [0.05, 0.1) is 19.1 Å². The molecule has 0 spiro atoms. The molecule has 2 heterocycles. The highest BCUT2D eigenvalue weighted by Gasteiger charge is 2.20. The van der Waals surface area contributed by atoms with Crippen LogP contribution in [0, 0.1) is 5.41 Å². The molecule has 4 nitrogen and oxygen atoms in total. The third kappa shape index (κ3) is 0.906. The highest BCUT2D eigenvalue weighted by Crippen LogP contribution is 2.00. The van der Waals surface area contributed by atoms with Crippen LogP contribution in [0.15, 0.2) is 6.33 Å². The zero-order valence-electron chi connectivity index (χ0n) is 7.62.